The molecule has 0 radical (unpaired) electrons. The van der Waals surface area contributed by atoms with Crippen LogP contribution in [0.4, 0.5) is 0 Å². The van der Waals surface area contributed by atoms with Gasteiger partial charge in [-0.3, -0.25) is 0 Å². The van der Waals surface area contributed by atoms with Crippen molar-refractivity contribution >= 4 is 35.5 Å². The van der Waals surface area contributed by atoms with E-state index in [1.54, 1.807) is 0 Å². The predicted molar refractivity (Wildman–Crippen MR) is 84.8 cm³/mol. The standard InChI is InChI=1S/C15H31NO3.Na.H/c1-3-4-5-6-7-8-9-10-11-12-13-16-19-15(18)14(2)17;;/h14,16-17H,3-13H2,1-2H3;;. The fourth-order valence-electron chi connectivity index (χ4n) is 1.89. The van der Waals surface area contributed by atoms with Crippen LogP contribution in [0, 0.1) is 0 Å². The van der Waals surface area contributed by atoms with E-state index in [1.165, 1.54) is 58.3 Å². The van der Waals surface area contributed by atoms with E-state index in [-0.39, 0.29) is 29.6 Å². The van der Waals surface area contributed by atoms with Crippen LogP contribution in [0.25, 0.3) is 0 Å². The number of aliphatic hydroxyl groups excluding tert-OH is 1. The molecule has 2 N–H and O–H groups in total. The molecule has 0 heterocycles. The van der Waals surface area contributed by atoms with Crippen molar-refractivity contribution in [2.45, 2.75) is 84.2 Å². The van der Waals surface area contributed by atoms with Crippen molar-refractivity contribution in [1.82, 2.24) is 5.48 Å². The topological polar surface area (TPSA) is 58.6 Å². The third-order valence-electron chi connectivity index (χ3n) is 3.15. The van der Waals surface area contributed by atoms with Crippen LogP contribution in [0.5, 0.6) is 0 Å². The number of nitrogens with one attached hydrogen (secondary N) is 1. The van der Waals surface area contributed by atoms with E-state index in [0.717, 1.165) is 12.8 Å². The summed E-state index contributed by atoms with van der Waals surface area (Å²) in [6, 6.07) is 0. The Bertz CT molecular complexity index is 213. The first-order valence-electron chi connectivity index (χ1n) is 7.80. The molecule has 116 valence electrons. The van der Waals surface area contributed by atoms with Gasteiger partial charge in [-0.1, -0.05) is 64.7 Å². The van der Waals surface area contributed by atoms with E-state index >= 15 is 0 Å². The van der Waals surface area contributed by atoms with E-state index in [0.29, 0.717) is 6.54 Å². The van der Waals surface area contributed by atoms with Gasteiger partial charge in [0, 0.05) is 6.54 Å². The van der Waals surface area contributed by atoms with Crippen LogP contribution >= 0.6 is 0 Å². The van der Waals surface area contributed by atoms with Gasteiger partial charge in [0.2, 0.25) is 0 Å². The summed E-state index contributed by atoms with van der Waals surface area (Å²) in [5.41, 5.74) is 2.58. The van der Waals surface area contributed by atoms with E-state index in [2.05, 4.69) is 17.2 Å². The SMILES string of the molecule is CCCCCCCCCCCCNOC(=O)C(C)O.[NaH]. The minimum absolute atomic E-state index is 0. The number of hydrogen-bond donors (Lipinski definition) is 2. The molecule has 0 aromatic heterocycles. The summed E-state index contributed by atoms with van der Waals surface area (Å²) in [6.45, 7) is 4.30. The molecule has 1 atom stereocenters. The van der Waals surface area contributed by atoms with Crippen molar-refractivity contribution < 1.29 is 14.7 Å². The van der Waals surface area contributed by atoms with Crippen molar-refractivity contribution in [3.63, 3.8) is 0 Å². The molecule has 0 aliphatic heterocycles. The van der Waals surface area contributed by atoms with Crippen LogP contribution in [0.15, 0.2) is 0 Å². The zero-order valence-corrected chi connectivity index (χ0v) is 12.6. The average Bonchev–Trinajstić information content (AvgIpc) is 2.39. The zero-order valence-electron chi connectivity index (χ0n) is 12.6. The Kier molecular flexibility index (Phi) is 19.8. The number of hydrogen-bond acceptors (Lipinski definition) is 4. The molecule has 0 bridgehead atoms. The summed E-state index contributed by atoms with van der Waals surface area (Å²) >= 11 is 0. The summed E-state index contributed by atoms with van der Waals surface area (Å²) in [6.07, 6.45) is 11.8. The number of aliphatic hydroxyl groups is 1. The molecule has 0 aliphatic rings. The molecule has 20 heavy (non-hydrogen) atoms. The Balaban J connectivity index is 0. The summed E-state index contributed by atoms with van der Waals surface area (Å²) in [5.74, 6) is -0.618. The van der Waals surface area contributed by atoms with Gasteiger partial charge < -0.3 is 9.94 Å². The fourth-order valence-corrected chi connectivity index (χ4v) is 1.89. The molecular weight excluding hydrogens is 265 g/mol. The van der Waals surface area contributed by atoms with Gasteiger partial charge in [-0.2, -0.15) is 5.48 Å². The van der Waals surface area contributed by atoms with E-state index in [9.17, 15) is 4.79 Å². The molecule has 5 heteroatoms. The molecule has 0 fully saturated rings. The average molecular weight is 297 g/mol. The third kappa shape index (κ3) is 16.4. The summed E-state index contributed by atoms with van der Waals surface area (Å²) in [5, 5.41) is 8.88. The molecule has 0 rings (SSSR count). The first-order chi connectivity index (χ1) is 9.18. The molecule has 0 aliphatic carbocycles. The van der Waals surface area contributed by atoms with Crippen LogP contribution in [0.1, 0.15) is 78.1 Å². The second-order valence-electron chi connectivity index (χ2n) is 5.17. The minimum atomic E-state index is -1.06. The van der Waals surface area contributed by atoms with Gasteiger partial charge in [0.15, 0.2) is 6.10 Å². The molecule has 1 unspecified atom stereocenters. The van der Waals surface area contributed by atoms with Crippen molar-refractivity contribution in [1.29, 1.82) is 0 Å². The molecule has 0 aromatic rings. The quantitative estimate of drug-likeness (QED) is 0.312. The van der Waals surface area contributed by atoms with Crippen LogP contribution in [0.2, 0.25) is 0 Å². The normalized spacial score (nSPS) is 11.8. The molecule has 0 saturated carbocycles. The molecule has 0 aromatic carbocycles. The summed E-state index contributed by atoms with van der Waals surface area (Å²) < 4.78 is 0. The Morgan fingerprint density at radius 2 is 1.45 bits per heavy atom. The van der Waals surface area contributed by atoms with Crippen LogP contribution in [-0.2, 0) is 9.63 Å². The maximum atomic E-state index is 10.9. The molecule has 0 spiro atoms. The van der Waals surface area contributed by atoms with Gasteiger partial charge in [-0.05, 0) is 13.3 Å². The molecule has 0 saturated heterocycles. The Morgan fingerprint density at radius 1 is 1.00 bits per heavy atom. The van der Waals surface area contributed by atoms with Crippen molar-refractivity contribution in [3.8, 4) is 0 Å². The summed E-state index contributed by atoms with van der Waals surface area (Å²) in [7, 11) is 0. The van der Waals surface area contributed by atoms with E-state index in [1.807, 2.05) is 0 Å². The van der Waals surface area contributed by atoms with Crippen molar-refractivity contribution in [3.05, 3.63) is 0 Å². The van der Waals surface area contributed by atoms with Crippen LogP contribution in [-0.4, -0.2) is 53.3 Å². The number of unbranched alkanes of at least 4 members (excludes halogenated alkanes) is 9. The number of hydroxylamine groups is 1. The first kappa shape index (κ1) is 22.7. The second-order valence-corrected chi connectivity index (χ2v) is 5.17. The predicted octanol–water partition coefficient (Wildman–Crippen LogP) is 2.69. The van der Waals surface area contributed by atoms with Crippen molar-refractivity contribution in [2.75, 3.05) is 6.54 Å². The molecule has 0 amide bonds. The number of carbonyl (C=O) groups excluding carboxylic acids is 1. The zero-order chi connectivity index (χ0) is 14.3. The van der Waals surface area contributed by atoms with Gasteiger partial charge in [0.25, 0.3) is 0 Å². The maximum absolute atomic E-state index is 10.9. The number of carbonyl (C=O) groups is 1. The summed E-state index contributed by atoms with van der Waals surface area (Å²) in [4.78, 5) is 15.5. The number of rotatable bonds is 13. The van der Waals surface area contributed by atoms with Gasteiger partial charge in [0.1, 0.15) is 0 Å². The van der Waals surface area contributed by atoms with Crippen LogP contribution in [0.3, 0.4) is 0 Å². The monoisotopic (exact) mass is 297 g/mol. The van der Waals surface area contributed by atoms with E-state index in [4.69, 9.17) is 5.11 Å². The van der Waals surface area contributed by atoms with Gasteiger partial charge >= 0.3 is 35.5 Å². The Hall–Kier alpha value is 0.390. The van der Waals surface area contributed by atoms with Crippen LogP contribution < -0.4 is 5.48 Å². The Labute approximate surface area is 146 Å². The fraction of sp³-hybridized carbons (Fsp3) is 0.933. The molecular formula is C15H32NNaO3. The van der Waals surface area contributed by atoms with Gasteiger partial charge in [-0.15, -0.1) is 0 Å². The second kappa shape index (κ2) is 17.4. The Morgan fingerprint density at radius 3 is 1.90 bits per heavy atom. The van der Waals surface area contributed by atoms with Gasteiger partial charge in [0.05, 0.1) is 0 Å². The first-order valence-corrected chi connectivity index (χ1v) is 7.80. The van der Waals surface area contributed by atoms with E-state index < -0.39 is 12.1 Å². The molecule has 4 nitrogen and oxygen atoms in total. The third-order valence-corrected chi connectivity index (χ3v) is 3.15. The van der Waals surface area contributed by atoms with Crippen molar-refractivity contribution in [2.24, 2.45) is 0 Å². The van der Waals surface area contributed by atoms with Gasteiger partial charge in [-0.25, -0.2) is 4.79 Å².